The molecular formula is C20H26N2O4. The molecule has 1 aliphatic heterocycles. The SMILES string of the molecule is CC(=O)N[C@@H]1CC=CCCC(=O)OC(c2ccccc2)[C@H](C)N(C)C1=O. The van der Waals surface area contributed by atoms with Crippen molar-refractivity contribution in [3.05, 3.63) is 48.0 Å². The van der Waals surface area contributed by atoms with Crippen molar-refractivity contribution >= 4 is 17.8 Å². The lowest BCUT2D eigenvalue weighted by Gasteiger charge is -2.34. The molecule has 3 atom stereocenters. The van der Waals surface area contributed by atoms with E-state index in [0.29, 0.717) is 12.8 Å². The molecule has 0 saturated heterocycles. The summed E-state index contributed by atoms with van der Waals surface area (Å²) in [5, 5.41) is 2.71. The first-order valence-corrected chi connectivity index (χ1v) is 8.83. The van der Waals surface area contributed by atoms with Gasteiger partial charge >= 0.3 is 5.97 Å². The first-order chi connectivity index (χ1) is 12.4. The minimum atomic E-state index is -0.636. The van der Waals surface area contributed by atoms with Gasteiger partial charge in [-0.2, -0.15) is 0 Å². The third kappa shape index (κ3) is 5.18. The molecule has 1 aliphatic rings. The molecule has 0 spiro atoms. The van der Waals surface area contributed by atoms with Crippen LogP contribution < -0.4 is 5.32 Å². The summed E-state index contributed by atoms with van der Waals surface area (Å²) in [4.78, 5) is 38.1. The maximum Gasteiger partial charge on any atom is 0.306 e. The van der Waals surface area contributed by atoms with Gasteiger partial charge in [0.25, 0.3) is 0 Å². The van der Waals surface area contributed by atoms with E-state index < -0.39 is 12.1 Å². The van der Waals surface area contributed by atoms with Gasteiger partial charge < -0.3 is 15.0 Å². The van der Waals surface area contributed by atoms with Crippen LogP contribution in [0, 0.1) is 0 Å². The number of nitrogens with one attached hydrogen (secondary N) is 1. The molecule has 1 heterocycles. The number of allylic oxidation sites excluding steroid dienone is 1. The Hall–Kier alpha value is -2.63. The quantitative estimate of drug-likeness (QED) is 0.650. The van der Waals surface area contributed by atoms with Crippen molar-refractivity contribution in [3.8, 4) is 0 Å². The van der Waals surface area contributed by atoms with E-state index in [1.165, 1.54) is 6.92 Å². The van der Waals surface area contributed by atoms with Gasteiger partial charge in [0.05, 0.1) is 6.04 Å². The molecule has 6 heteroatoms. The van der Waals surface area contributed by atoms with Crippen LogP contribution in [0.3, 0.4) is 0 Å². The molecule has 0 radical (unpaired) electrons. The molecule has 0 bridgehead atoms. The van der Waals surface area contributed by atoms with Crippen molar-refractivity contribution in [1.82, 2.24) is 10.2 Å². The summed E-state index contributed by atoms with van der Waals surface area (Å²) < 4.78 is 5.70. The molecule has 26 heavy (non-hydrogen) atoms. The van der Waals surface area contributed by atoms with E-state index in [1.807, 2.05) is 49.4 Å². The summed E-state index contributed by atoms with van der Waals surface area (Å²) in [7, 11) is 1.67. The monoisotopic (exact) mass is 358 g/mol. The number of cyclic esters (lactones) is 1. The van der Waals surface area contributed by atoms with E-state index in [4.69, 9.17) is 4.74 Å². The zero-order valence-electron chi connectivity index (χ0n) is 15.5. The minimum absolute atomic E-state index is 0.213. The third-order valence-electron chi connectivity index (χ3n) is 4.51. The van der Waals surface area contributed by atoms with E-state index >= 15 is 0 Å². The van der Waals surface area contributed by atoms with Crippen LogP contribution in [0.5, 0.6) is 0 Å². The summed E-state index contributed by atoms with van der Waals surface area (Å²) in [6.07, 6.45) is 4.28. The van der Waals surface area contributed by atoms with Crippen LogP contribution >= 0.6 is 0 Å². The van der Waals surface area contributed by atoms with Gasteiger partial charge in [-0.1, -0.05) is 42.5 Å². The van der Waals surface area contributed by atoms with Crippen LogP contribution in [0.4, 0.5) is 0 Å². The van der Waals surface area contributed by atoms with Crippen molar-refractivity contribution in [3.63, 3.8) is 0 Å². The number of nitrogens with zero attached hydrogens (tertiary/aromatic N) is 1. The molecule has 0 aromatic heterocycles. The number of rotatable bonds is 2. The number of ether oxygens (including phenoxy) is 1. The van der Waals surface area contributed by atoms with Gasteiger partial charge in [0.15, 0.2) is 0 Å². The van der Waals surface area contributed by atoms with E-state index in [-0.39, 0.29) is 30.2 Å². The number of esters is 1. The van der Waals surface area contributed by atoms with Crippen molar-refractivity contribution in [2.75, 3.05) is 7.05 Å². The Bertz CT molecular complexity index is 672. The zero-order chi connectivity index (χ0) is 19.1. The van der Waals surface area contributed by atoms with Crippen molar-refractivity contribution in [2.45, 2.75) is 51.3 Å². The minimum Gasteiger partial charge on any atom is -0.455 e. The Morgan fingerprint density at radius 3 is 2.54 bits per heavy atom. The molecule has 0 aliphatic carbocycles. The van der Waals surface area contributed by atoms with Gasteiger partial charge in [-0.3, -0.25) is 14.4 Å². The smallest absolute Gasteiger partial charge is 0.306 e. The molecule has 1 aromatic rings. The molecule has 1 unspecified atom stereocenters. The fourth-order valence-electron chi connectivity index (χ4n) is 2.96. The molecular weight excluding hydrogens is 332 g/mol. The second-order valence-corrected chi connectivity index (χ2v) is 6.51. The van der Waals surface area contributed by atoms with Crippen LogP contribution in [0.15, 0.2) is 42.5 Å². The second kappa shape index (κ2) is 9.17. The van der Waals surface area contributed by atoms with E-state index in [1.54, 1.807) is 11.9 Å². The van der Waals surface area contributed by atoms with Gasteiger partial charge in [-0.25, -0.2) is 0 Å². The predicted octanol–water partition coefficient (Wildman–Crippen LogP) is 2.36. The zero-order valence-corrected chi connectivity index (χ0v) is 15.5. The van der Waals surface area contributed by atoms with E-state index in [9.17, 15) is 14.4 Å². The lowest BCUT2D eigenvalue weighted by molar-refractivity contribution is -0.156. The Morgan fingerprint density at radius 2 is 1.88 bits per heavy atom. The largest absolute Gasteiger partial charge is 0.455 e. The highest BCUT2D eigenvalue weighted by atomic mass is 16.5. The molecule has 140 valence electrons. The highest BCUT2D eigenvalue weighted by Crippen LogP contribution is 2.26. The van der Waals surface area contributed by atoms with E-state index in [0.717, 1.165) is 5.56 Å². The summed E-state index contributed by atoms with van der Waals surface area (Å²) >= 11 is 0. The molecule has 0 fully saturated rings. The maximum absolute atomic E-state index is 12.9. The molecule has 1 N–H and O–H groups in total. The number of likely N-dealkylation sites (N-methyl/N-ethyl adjacent to an activating group) is 1. The standard InChI is InChI=1S/C20H26N2O4/c1-14-19(16-10-6-4-7-11-16)26-18(24)13-9-5-8-12-17(21-15(2)23)20(25)22(14)3/h4-8,10-11,14,17,19H,9,12-13H2,1-3H3,(H,21,23)/t14-,17+,19?/m0/s1. The number of hydrogen-bond donors (Lipinski definition) is 1. The Kier molecular flexibility index (Phi) is 6.95. The van der Waals surface area contributed by atoms with Crippen LogP contribution in [-0.2, 0) is 19.1 Å². The van der Waals surface area contributed by atoms with Crippen molar-refractivity contribution < 1.29 is 19.1 Å². The molecule has 2 amide bonds. The van der Waals surface area contributed by atoms with Crippen LogP contribution in [0.25, 0.3) is 0 Å². The predicted molar refractivity (Wildman–Crippen MR) is 98.1 cm³/mol. The third-order valence-corrected chi connectivity index (χ3v) is 4.51. The van der Waals surface area contributed by atoms with E-state index in [2.05, 4.69) is 5.32 Å². The van der Waals surface area contributed by atoms with Gasteiger partial charge in [-0.05, 0) is 25.3 Å². The first kappa shape index (κ1) is 19.7. The van der Waals surface area contributed by atoms with Gasteiger partial charge in [0.2, 0.25) is 11.8 Å². The lowest BCUT2D eigenvalue weighted by Crippen LogP contribution is -2.50. The summed E-state index contributed by atoms with van der Waals surface area (Å²) in [6.45, 7) is 3.24. The average Bonchev–Trinajstić information content (AvgIpc) is 2.62. The fraction of sp³-hybridized carbons (Fsp3) is 0.450. The first-order valence-electron chi connectivity index (χ1n) is 8.83. The average molecular weight is 358 g/mol. The molecule has 6 nitrogen and oxygen atoms in total. The number of carbonyl (C=O) groups is 3. The van der Waals surface area contributed by atoms with Gasteiger partial charge in [-0.15, -0.1) is 0 Å². The van der Waals surface area contributed by atoms with Crippen molar-refractivity contribution in [1.29, 1.82) is 0 Å². The highest BCUT2D eigenvalue weighted by molar-refractivity contribution is 5.87. The Balaban J connectivity index is 2.34. The Morgan fingerprint density at radius 1 is 1.19 bits per heavy atom. The van der Waals surface area contributed by atoms with Crippen LogP contribution in [0.2, 0.25) is 0 Å². The van der Waals surface area contributed by atoms with Gasteiger partial charge in [0, 0.05) is 20.4 Å². The molecule has 2 rings (SSSR count). The number of benzene rings is 1. The lowest BCUT2D eigenvalue weighted by atomic mass is 10.0. The van der Waals surface area contributed by atoms with Crippen LogP contribution in [-0.4, -0.2) is 41.8 Å². The summed E-state index contributed by atoms with van der Waals surface area (Å²) in [5.41, 5.74) is 0.830. The number of amides is 2. The van der Waals surface area contributed by atoms with Crippen molar-refractivity contribution in [2.24, 2.45) is 0 Å². The topological polar surface area (TPSA) is 75.7 Å². The summed E-state index contributed by atoms with van der Waals surface area (Å²) in [6, 6.07) is 8.37. The normalized spacial score (nSPS) is 25.0. The molecule has 0 saturated carbocycles. The maximum atomic E-state index is 12.9. The van der Waals surface area contributed by atoms with Crippen LogP contribution in [0.1, 0.15) is 44.8 Å². The fourth-order valence-corrected chi connectivity index (χ4v) is 2.96. The summed E-state index contributed by atoms with van der Waals surface area (Å²) in [5.74, 6) is -0.763. The van der Waals surface area contributed by atoms with Gasteiger partial charge in [0.1, 0.15) is 12.1 Å². The number of hydrogen-bond acceptors (Lipinski definition) is 4. The second-order valence-electron chi connectivity index (χ2n) is 6.51. The number of carbonyl (C=O) groups excluding carboxylic acids is 3. The Labute approximate surface area is 154 Å². The molecule has 1 aromatic carbocycles. The highest BCUT2D eigenvalue weighted by Gasteiger charge is 2.32.